The summed E-state index contributed by atoms with van der Waals surface area (Å²) in [5.41, 5.74) is 5.39. The van der Waals surface area contributed by atoms with Crippen LogP contribution in [0.1, 0.15) is 34.1 Å². The lowest BCUT2D eigenvalue weighted by molar-refractivity contribution is 0.338. The molecule has 0 aromatic rings. The monoisotopic (exact) mass is 222 g/mol. The minimum atomic E-state index is -3.20. The van der Waals surface area contributed by atoms with Gasteiger partial charge in [0.05, 0.1) is 5.25 Å². The molecule has 2 unspecified atom stereocenters. The third kappa shape index (κ3) is 2.93. The highest BCUT2D eigenvalue weighted by molar-refractivity contribution is 7.89. The molecular formula is C9H22N2O2S. The van der Waals surface area contributed by atoms with E-state index < -0.39 is 15.3 Å². The number of nitrogens with zero attached hydrogens (tertiary/aromatic N) is 1. The summed E-state index contributed by atoms with van der Waals surface area (Å²) in [6.07, 6.45) is 0.824. The molecule has 0 aliphatic rings. The highest BCUT2D eigenvalue weighted by atomic mass is 32.2. The van der Waals surface area contributed by atoms with Gasteiger partial charge in [0.15, 0.2) is 0 Å². The quantitative estimate of drug-likeness (QED) is 0.722. The van der Waals surface area contributed by atoms with Crippen LogP contribution in [0.15, 0.2) is 0 Å². The molecule has 0 amide bonds. The van der Waals surface area contributed by atoms with Gasteiger partial charge in [0.1, 0.15) is 0 Å². The zero-order valence-corrected chi connectivity index (χ0v) is 10.3. The second-order valence-electron chi connectivity index (χ2n) is 3.55. The molecule has 2 N–H and O–H groups in total. The van der Waals surface area contributed by atoms with Crippen molar-refractivity contribution in [3.8, 4) is 0 Å². The van der Waals surface area contributed by atoms with Crippen molar-refractivity contribution in [1.29, 1.82) is 0 Å². The topological polar surface area (TPSA) is 63.4 Å². The molecule has 0 radical (unpaired) electrons. The summed E-state index contributed by atoms with van der Waals surface area (Å²) in [5.74, 6) is 0. The summed E-state index contributed by atoms with van der Waals surface area (Å²) in [4.78, 5) is 0. The van der Waals surface area contributed by atoms with Crippen LogP contribution in [0, 0.1) is 0 Å². The van der Waals surface area contributed by atoms with E-state index in [1.54, 1.807) is 6.92 Å². The van der Waals surface area contributed by atoms with E-state index in [2.05, 4.69) is 0 Å². The SMILES string of the molecule is CCC(C)N(CC)S(=O)(=O)C(C)CN. The maximum Gasteiger partial charge on any atom is 0.218 e. The number of hydrogen-bond donors (Lipinski definition) is 1. The van der Waals surface area contributed by atoms with Crippen LogP contribution in [0.2, 0.25) is 0 Å². The Morgan fingerprint density at radius 2 is 1.79 bits per heavy atom. The van der Waals surface area contributed by atoms with Gasteiger partial charge in [-0.15, -0.1) is 0 Å². The zero-order chi connectivity index (χ0) is 11.4. The standard InChI is InChI=1S/C9H22N2O2S/c1-5-8(3)11(6-2)14(12,13)9(4)7-10/h8-9H,5-7,10H2,1-4H3. The Morgan fingerprint density at radius 1 is 1.29 bits per heavy atom. The first-order valence-corrected chi connectivity index (χ1v) is 6.62. The van der Waals surface area contributed by atoms with Gasteiger partial charge in [-0.25, -0.2) is 8.42 Å². The maximum absolute atomic E-state index is 11.9. The average molecular weight is 222 g/mol. The zero-order valence-electron chi connectivity index (χ0n) is 9.53. The first kappa shape index (κ1) is 13.9. The van der Waals surface area contributed by atoms with E-state index in [1.807, 2.05) is 20.8 Å². The summed E-state index contributed by atoms with van der Waals surface area (Å²) in [6, 6.07) is 0.0546. The fourth-order valence-corrected chi connectivity index (χ4v) is 3.01. The minimum Gasteiger partial charge on any atom is -0.329 e. The molecule has 86 valence electrons. The van der Waals surface area contributed by atoms with Crippen molar-refractivity contribution in [2.45, 2.75) is 45.4 Å². The second-order valence-corrected chi connectivity index (χ2v) is 5.86. The number of hydrogen-bond acceptors (Lipinski definition) is 3. The molecule has 4 nitrogen and oxygen atoms in total. The highest BCUT2D eigenvalue weighted by Crippen LogP contribution is 2.13. The Bertz CT molecular complexity index is 252. The Kier molecular flexibility index (Phi) is 5.63. The van der Waals surface area contributed by atoms with Gasteiger partial charge in [0.25, 0.3) is 0 Å². The molecule has 0 saturated carbocycles. The Labute approximate surface area is 87.5 Å². The second kappa shape index (κ2) is 5.68. The van der Waals surface area contributed by atoms with Gasteiger partial charge in [-0.3, -0.25) is 0 Å². The fraction of sp³-hybridized carbons (Fsp3) is 1.00. The molecule has 0 saturated heterocycles. The molecule has 0 bridgehead atoms. The van der Waals surface area contributed by atoms with E-state index >= 15 is 0 Å². The first-order valence-electron chi connectivity index (χ1n) is 5.12. The smallest absolute Gasteiger partial charge is 0.218 e. The third-order valence-corrected chi connectivity index (χ3v) is 5.04. The normalized spacial score (nSPS) is 17.0. The Morgan fingerprint density at radius 3 is 2.07 bits per heavy atom. The van der Waals surface area contributed by atoms with Gasteiger partial charge in [-0.05, 0) is 20.3 Å². The van der Waals surface area contributed by atoms with E-state index in [4.69, 9.17) is 5.73 Å². The van der Waals surface area contributed by atoms with Gasteiger partial charge < -0.3 is 5.73 Å². The van der Waals surface area contributed by atoms with Crippen molar-refractivity contribution >= 4 is 10.0 Å². The van der Waals surface area contributed by atoms with Crippen LogP contribution in [-0.4, -0.2) is 37.1 Å². The van der Waals surface area contributed by atoms with Crippen LogP contribution in [-0.2, 0) is 10.0 Å². The van der Waals surface area contributed by atoms with Crippen LogP contribution in [0.4, 0.5) is 0 Å². The van der Waals surface area contributed by atoms with Gasteiger partial charge in [-0.2, -0.15) is 4.31 Å². The van der Waals surface area contributed by atoms with Crippen molar-refractivity contribution < 1.29 is 8.42 Å². The molecule has 0 heterocycles. The molecule has 0 aliphatic heterocycles. The summed E-state index contributed by atoms with van der Waals surface area (Å²) < 4.78 is 25.4. The summed E-state index contributed by atoms with van der Waals surface area (Å²) >= 11 is 0. The number of nitrogens with two attached hydrogens (primary N) is 1. The van der Waals surface area contributed by atoms with Crippen molar-refractivity contribution in [2.24, 2.45) is 5.73 Å². The van der Waals surface area contributed by atoms with E-state index in [-0.39, 0.29) is 12.6 Å². The van der Waals surface area contributed by atoms with Crippen LogP contribution in [0.5, 0.6) is 0 Å². The third-order valence-electron chi connectivity index (χ3n) is 2.56. The van der Waals surface area contributed by atoms with Crippen molar-refractivity contribution in [1.82, 2.24) is 4.31 Å². The molecule has 0 rings (SSSR count). The van der Waals surface area contributed by atoms with Gasteiger partial charge in [0.2, 0.25) is 10.0 Å². The van der Waals surface area contributed by atoms with Gasteiger partial charge >= 0.3 is 0 Å². The molecule has 0 aliphatic carbocycles. The summed E-state index contributed by atoms with van der Waals surface area (Å²) in [5, 5.41) is -0.489. The maximum atomic E-state index is 11.9. The first-order chi connectivity index (χ1) is 6.41. The molecule has 0 spiro atoms. The summed E-state index contributed by atoms with van der Waals surface area (Å²) in [6.45, 7) is 8.10. The number of rotatable bonds is 6. The minimum absolute atomic E-state index is 0.0546. The Hall–Kier alpha value is -0.130. The lowest BCUT2D eigenvalue weighted by Crippen LogP contribution is -2.44. The molecule has 5 heteroatoms. The highest BCUT2D eigenvalue weighted by Gasteiger charge is 2.29. The number of sulfonamides is 1. The molecular weight excluding hydrogens is 200 g/mol. The predicted octanol–water partition coefficient (Wildman–Crippen LogP) is 0.784. The Balaban J connectivity index is 4.84. The van der Waals surface area contributed by atoms with Crippen LogP contribution < -0.4 is 5.73 Å². The van der Waals surface area contributed by atoms with E-state index in [1.165, 1.54) is 4.31 Å². The molecule has 2 atom stereocenters. The van der Waals surface area contributed by atoms with E-state index in [0.717, 1.165) is 6.42 Å². The van der Waals surface area contributed by atoms with Crippen LogP contribution in [0.25, 0.3) is 0 Å². The lowest BCUT2D eigenvalue weighted by Gasteiger charge is -2.28. The molecule has 0 aromatic heterocycles. The van der Waals surface area contributed by atoms with Crippen molar-refractivity contribution in [2.75, 3.05) is 13.1 Å². The van der Waals surface area contributed by atoms with Gasteiger partial charge in [-0.1, -0.05) is 13.8 Å². The van der Waals surface area contributed by atoms with Crippen molar-refractivity contribution in [3.63, 3.8) is 0 Å². The van der Waals surface area contributed by atoms with Gasteiger partial charge in [0, 0.05) is 19.1 Å². The molecule has 14 heavy (non-hydrogen) atoms. The average Bonchev–Trinajstić information content (AvgIpc) is 2.16. The van der Waals surface area contributed by atoms with Crippen LogP contribution in [0.3, 0.4) is 0 Å². The fourth-order valence-electron chi connectivity index (χ4n) is 1.30. The largest absolute Gasteiger partial charge is 0.329 e. The van der Waals surface area contributed by atoms with E-state index in [0.29, 0.717) is 6.54 Å². The van der Waals surface area contributed by atoms with Crippen LogP contribution >= 0.6 is 0 Å². The lowest BCUT2D eigenvalue weighted by atomic mass is 10.3. The predicted molar refractivity (Wildman–Crippen MR) is 59.6 cm³/mol. The summed E-state index contributed by atoms with van der Waals surface area (Å²) in [7, 11) is -3.20. The molecule has 0 aromatic carbocycles. The molecule has 0 fully saturated rings. The van der Waals surface area contributed by atoms with Crippen molar-refractivity contribution in [3.05, 3.63) is 0 Å². The van der Waals surface area contributed by atoms with E-state index in [9.17, 15) is 8.42 Å².